The molecule has 0 unspecified atom stereocenters. The van der Waals surface area contributed by atoms with E-state index in [4.69, 9.17) is 42.3 Å². The highest BCUT2D eigenvalue weighted by Crippen LogP contribution is 2.50. The van der Waals surface area contributed by atoms with Gasteiger partial charge in [0, 0.05) is 28.8 Å². The van der Waals surface area contributed by atoms with Crippen molar-refractivity contribution in [3.05, 3.63) is 255 Å². The van der Waals surface area contributed by atoms with Crippen molar-refractivity contribution in [3.8, 4) is 40.1 Å². The van der Waals surface area contributed by atoms with Crippen LogP contribution in [0.5, 0.6) is 28.7 Å². The van der Waals surface area contributed by atoms with Gasteiger partial charge in [-0.1, -0.05) is 121 Å². The number of rotatable bonds is 16. The summed E-state index contributed by atoms with van der Waals surface area (Å²) in [4.78, 5) is 42.6. The van der Waals surface area contributed by atoms with Crippen molar-refractivity contribution in [1.82, 2.24) is 0 Å². The lowest BCUT2D eigenvalue weighted by Crippen LogP contribution is -2.61. The van der Waals surface area contributed by atoms with E-state index in [9.17, 15) is 28.6 Å². The first-order valence-electron chi connectivity index (χ1n) is 24.7. The second-order valence-corrected chi connectivity index (χ2v) is 18.3. The van der Waals surface area contributed by atoms with E-state index in [1.807, 2.05) is 121 Å². The number of carbonyl (C=O) groups is 2. The van der Waals surface area contributed by atoms with E-state index >= 15 is 4.79 Å². The standard InChI is InChI=1S/C62H46F2O14/c63-44-26-21-39(22-27-44)59(68)72-36-51-53(65)55(67)58(75-60(69)40-23-28-45(64)29-24-40)61(74-51)76-57-54(66)52-49(71-35-38-15-7-2-8-16-38)32-46(70-34-37-13-5-1-6-14-37)33-50(52)73-56(57)41-25-30-47-48(31-41)78-62(77-47,42-17-9-3-10-18-42)43-19-11-4-12-20-43/h1-33,51,53,55,58,61,65,67H,34-36H2/t51-,53+,55+,58-,61+/m1/s1. The maximum Gasteiger partial charge on any atom is 0.338 e. The molecule has 0 bridgehead atoms. The molecule has 0 aliphatic carbocycles. The highest BCUT2D eigenvalue weighted by atomic mass is 19.1. The van der Waals surface area contributed by atoms with Crippen LogP contribution >= 0.6 is 0 Å². The summed E-state index contributed by atoms with van der Waals surface area (Å²) in [5.74, 6) is -4.62. The van der Waals surface area contributed by atoms with Gasteiger partial charge in [0.05, 0.1) is 11.1 Å². The average molecular weight is 1050 g/mol. The highest BCUT2D eigenvalue weighted by molar-refractivity contribution is 5.91. The Morgan fingerprint density at radius 3 is 1.74 bits per heavy atom. The third kappa shape index (κ3) is 10.6. The van der Waals surface area contributed by atoms with Crippen LogP contribution in [0.2, 0.25) is 0 Å². The molecule has 3 heterocycles. The molecule has 5 atom stereocenters. The van der Waals surface area contributed by atoms with Crippen molar-refractivity contribution in [3.63, 3.8) is 0 Å². The number of ether oxygens (including phenoxy) is 8. The van der Waals surface area contributed by atoms with Gasteiger partial charge in [-0.2, -0.15) is 0 Å². The summed E-state index contributed by atoms with van der Waals surface area (Å²) in [6.07, 6.45) is -9.47. The Labute approximate surface area is 444 Å². The summed E-state index contributed by atoms with van der Waals surface area (Å²) < 4.78 is 84.9. The van der Waals surface area contributed by atoms with Crippen molar-refractivity contribution in [1.29, 1.82) is 0 Å². The first kappa shape index (κ1) is 50.8. The fourth-order valence-corrected chi connectivity index (χ4v) is 9.06. The molecule has 2 aliphatic heterocycles. The van der Waals surface area contributed by atoms with Crippen LogP contribution in [0.4, 0.5) is 8.78 Å². The average Bonchev–Trinajstić information content (AvgIpc) is 4.10. The predicted molar refractivity (Wildman–Crippen MR) is 278 cm³/mol. The Morgan fingerprint density at radius 1 is 0.590 bits per heavy atom. The van der Waals surface area contributed by atoms with Crippen LogP contribution in [-0.2, 0) is 33.2 Å². The fraction of sp³-hybridized carbons (Fsp3) is 0.145. The van der Waals surface area contributed by atoms with Gasteiger partial charge in [0.15, 0.2) is 23.4 Å². The second-order valence-electron chi connectivity index (χ2n) is 18.3. The zero-order valence-corrected chi connectivity index (χ0v) is 41.1. The molecule has 2 N–H and O–H groups in total. The van der Waals surface area contributed by atoms with Crippen molar-refractivity contribution in [2.75, 3.05) is 6.61 Å². The van der Waals surface area contributed by atoms with Gasteiger partial charge >= 0.3 is 17.7 Å². The van der Waals surface area contributed by atoms with E-state index in [0.29, 0.717) is 16.9 Å². The topological polar surface area (TPSA) is 179 Å². The van der Waals surface area contributed by atoms with Crippen LogP contribution in [0.1, 0.15) is 43.0 Å². The van der Waals surface area contributed by atoms with Crippen LogP contribution in [-0.4, -0.2) is 59.5 Å². The molecule has 14 nitrogen and oxygen atoms in total. The molecule has 1 fully saturated rings. The summed E-state index contributed by atoms with van der Waals surface area (Å²) in [5, 5.41) is 23.3. The first-order chi connectivity index (χ1) is 38.0. The van der Waals surface area contributed by atoms with Crippen molar-refractivity contribution in [2.45, 2.75) is 49.7 Å². The van der Waals surface area contributed by atoms with E-state index in [-0.39, 0.29) is 63.9 Å². The predicted octanol–water partition coefficient (Wildman–Crippen LogP) is 10.5. The van der Waals surface area contributed by atoms with Crippen LogP contribution in [0.25, 0.3) is 22.3 Å². The third-order valence-electron chi connectivity index (χ3n) is 13.1. The molecule has 2 aliphatic rings. The summed E-state index contributed by atoms with van der Waals surface area (Å²) >= 11 is 0. The van der Waals surface area contributed by atoms with Gasteiger partial charge < -0.3 is 52.5 Å². The maximum atomic E-state index is 15.7. The number of aliphatic hydroxyl groups is 2. The Kier molecular flexibility index (Phi) is 14.4. The summed E-state index contributed by atoms with van der Waals surface area (Å²) in [7, 11) is 0. The van der Waals surface area contributed by atoms with Crippen LogP contribution < -0.4 is 29.1 Å². The van der Waals surface area contributed by atoms with Gasteiger partial charge in [-0.05, 0) is 77.9 Å². The SMILES string of the molecule is O=C(OC[C@H]1O[C@@H](Oc2c(-c3ccc4c(c3)OC(c3ccccc3)(c3ccccc3)O4)oc3cc(OCc4ccccc4)cc(OCc4ccccc4)c3c2=O)[C@H](OC(=O)c2ccc(F)cc2)[C@@H](O)[C@H]1O)c1ccc(F)cc1. The molecule has 8 aromatic carbocycles. The van der Waals surface area contributed by atoms with E-state index in [0.717, 1.165) is 47.5 Å². The van der Waals surface area contributed by atoms with E-state index in [2.05, 4.69) is 0 Å². The molecule has 1 aromatic heterocycles. The normalized spacial score (nSPS) is 18.2. The van der Waals surface area contributed by atoms with Crippen molar-refractivity contribution < 1.29 is 70.9 Å². The monoisotopic (exact) mass is 1050 g/mol. The van der Waals surface area contributed by atoms with Crippen LogP contribution in [0.15, 0.2) is 209 Å². The number of hydrogen-bond donors (Lipinski definition) is 2. The summed E-state index contributed by atoms with van der Waals surface area (Å²) in [5.41, 5.74) is 2.14. The molecule has 0 spiro atoms. The third-order valence-corrected chi connectivity index (χ3v) is 13.1. The molecule has 0 radical (unpaired) electrons. The number of esters is 2. The Balaban J connectivity index is 1.04. The van der Waals surface area contributed by atoms with Gasteiger partial charge in [0.1, 0.15) is 72.2 Å². The number of aliphatic hydroxyl groups excluding tert-OH is 2. The van der Waals surface area contributed by atoms with E-state index in [1.54, 1.807) is 18.2 Å². The van der Waals surface area contributed by atoms with Crippen LogP contribution in [0, 0.1) is 11.6 Å². The molecular formula is C62H46F2O14. The van der Waals surface area contributed by atoms with Gasteiger partial charge in [0.2, 0.25) is 17.5 Å². The largest absolute Gasteiger partial charge is 0.489 e. The highest BCUT2D eigenvalue weighted by Gasteiger charge is 2.50. The molecule has 392 valence electrons. The lowest BCUT2D eigenvalue weighted by atomic mass is 9.97. The fourth-order valence-electron chi connectivity index (χ4n) is 9.06. The Hall–Kier alpha value is -9.35. The van der Waals surface area contributed by atoms with Crippen LogP contribution in [0.3, 0.4) is 0 Å². The maximum absolute atomic E-state index is 15.7. The second kappa shape index (κ2) is 22.1. The number of hydrogen-bond acceptors (Lipinski definition) is 14. The zero-order valence-electron chi connectivity index (χ0n) is 41.1. The van der Waals surface area contributed by atoms with Crippen molar-refractivity contribution >= 4 is 22.9 Å². The number of fused-ring (bicyclic) bond motifs is 2. The molecule has 1 saturated heterocycles. The van der Waals surface area contributed by atoms with Gasteiger partial charge in [-0.25, -0.2) is 18.4 Å². The molecule has 11 rings (SSSR count). The van der Waals surface area contributed by atoms with Gasteiger partial charge in [-0.3, -0.25) is 4.79 Å². The lowest BCUT2D eigenvalue weighted by molar-refractivity contribution is -0.276. The molecule has 78 heavy (non-hydrogen) atoms. The molecule has 9 aromatic rings. The minimum absolute atomic E-state index is 0.00223. The molecule has 16 heteroatoms. The summed E-state index contributed by atoms with van der Waals surface area (Å²) in [6.45, 7) is -0.582. The zero-order chi connectivity index (χ0) is 53.8. The number of carbonyl (C=O) groups excluding carboxylic acids is 2. The first-order valence-corrected chi connectivity index (χ1v) is 24.7. The Morgan fingerprint density at radius 2 is 1.14 bits per heavy atom. The minimum atomic E-state index is -2.04. The molecule has 0 saturated carbocycles. The minimum Gasteiger partial charge on any atom is -0.489 e. The van der Waals surface area contributed by atoms with E-state index < -0.39 is 77.9 Å². The molecular weight excluding hydrogens is 1010 g/mol. The number of halogens is 2. The smallest absolute Gasteiger partial charge is 0.338 e. The van der Waals surface area contributed by atoms with E-state index in [1.165, 1.54) is 24.3 Å². The van der Waals surface area contributed by atoms with Gasteiger partial charge in [0.25, 0.3) is 0 Å². The van der Waals surface area contributed by atoms with Gasteiger partial charge in [-0.15, -0.1) is 0 Å². The summed E-state index contributed by atoms with van der Waals surface area (Å²) in [6, 6.07) is 54.0. The van der Waals surface area contributed by atoms with Crippen molar-refractivity contribution in [2.24, 2.45) is 0 Å². The molecule has 0 amide bonds. The number of benzene rings is 8. The quantitative estimate of drug-likeness (QED) is 0.0873. The lowest BCUT2D eigenvalue weighted by Gasteiger charge is -2.41. The Bertz CT molecular complexity index is 3600.